The predicted molar refractivity (Wildman–Crippen MR) is 123 cm³/mol. The number of benzene rings is 2. The van der Waals surface area contributed by atoms with E-state index in [-0.39, 0.29) is 25.8 Å². The van der Waals surface area contributed by atoms with Crippen LogP contribution in [0.15, 0.2) is 48.5 Å². The van der Waals surface area contributed by atoms with E-state index in [1.54, 1.807) is 31.2 Å². The maximum absolute atomic E-state index is 12.3. The number of aromatic hydroxyl groups is 1. The van der Waals surface area contributed by atoms with E-state index in [1.807, 2.05) is 6.07 Å². The quantitative estimate of drug-likeness (QED) is 0.187. The number of carbonyl (C=O) groups excluding carboxylic acids is 3. The number of alkyl carbamates (subject to hydrolysis) is 1. The van der Waals surface area contributed by atoms with Crippen molar-refractivity contribution in [3.63, 3.8) is 0 Å². The molecule has 0 heterocycles. The van der Waals surface area contributed by atoms with Crippen molar-refractivity contribution >= 4 is 25.8 Å². The number of phenols is 1. The second kappa shape index (κ2) is 13.9. The number of rotatable bonds is 11. The van der Waals surface area contributed by atoms with Gasteiger partial charge in [0.05, 0.1) is 6.61 Å². The van der Waals surface area contributed by atoms with Crippen LogP contribution in [0, 0.1) is 0 Å². The fourth-order valence-corrected chi connectivity index (χ4v) is 3.13. The smallest absolute Gasteiger partial charge is 0.504 e. The van der Waals surface area contributed by atoms with Crippen molar-refractivity contribution in [1.82, 2.24) is 16.8 Å². The first kappa shape index (κ1) is 29.4. The third kappa shape index (κ3) is 10.9. The van der Waals surface area contributed by atoms with Crippen LogP contribution >= 0.6 is 7.82 Å². The number of phosphoric acid groups is 1. The molecule has 8 N–H and O–H groups in total. The summed E-state index contributed by atoms with van der Waals surface area (Å²) in [7, 11) is -4.94. The molecule has 0 aliphatic heterocycles. The van der Waals surface area contributed by atoms with E-state index in [0.717, 1.165) is 17.7 Å². The molecule has 0 bridgehead atoms. The number of phenolic OH excluding ortho intramolecular Hbond substituents is 1. The molecule has 2 amide bonds. The minimum Gasteiger partial charge on any atom is -0.504 e. The summed E-state index contributed by atoms with van der Waals surface area (Å²) in [4.78, 5) is 54.3. The molecule has 1 atom stereocenters. The summed E-state index contributed by atoms with van der Waals surface area (Å²) in [6, 6.07) is 11.3. The molecule has 35 heavy (non-hydrogen) atoms. The van der Waals surface area contributed by atoms with Crippen LogP contribution in [0.25, 0.3) is 0 Å². The van der Waals surface area contributed by atoms with Gasteiger partial charge in [-0.3, -0.25) is 14.6 Å². The van der Waals surface area contributed by atoms with Crippen LogP contribution in [0.4, 0.5) is 4.79 Å². The van der Waals surface area contributed by atoms with E-state index >= 15 is 0 Å². The third-order valence-corrected chi connectivity index (χ3v) is 4.63. The van der Waals surface area contributed by atoms with Crippen molar-refractivity contribution in [1.29, 1.82) is 0 Å². The van der Waals surface area contributed by atoms with Gasteiger partial charge in [-0.05, 0) is 30.2 Å². The van der Waals surface area contributed by atoms with Crippen LogP contribution in [-0.4, -0.2) is 52.1 Å². The van der Waals surface area contributed by atoms with E-state index in [4.69, 9.17) is 19.3 Å². The average molecular weight is 513 g/mol. The normalized spacial score (nSPS) is 11.4. The molecule has 192 valence electrons. The summed E-state index contributed by atoms with van der Waals surface area (Å²) in [5, 5.41) is 14.4. The number of phosphoric ester groups is 1. The zero-order chi connectivity index (χ0) is 25.1. The Balaban J connectivity index is 0.00000612. The molecule has 14 heteroatoms. The maximum atomic E-state index is 12.3. The standard InChI is InChI=1S/C21H25N2O10P.H3N/c1-2-31-20(26)16(10-15-8-9-17(24)18(11-15)33-34(28,29)30)23-19(25)12-22-21(27)32-13-14-6-4-3-5-7-14;/h3-9,11,16,24H,2,10,12-13H2,1H3,(H,22,27)(H,23,25)(H2,28,29,30);1H3/t16-;/m0./s1. The van der Waals surface area contributed by atoms with Gasteiger partial charge in [0.15, 0.2) is 11.5 Å². The molecule has 0 aromatic heterocycles. The molecule has 0 saturated heterocycles. The molecule has 2 aromatic carbocycles. The lowest BCUT2D eigenvalue weighted by Gasteiger charge is -2.18. The van der Waals surface area contributed by atoms with E-state index in [2.05, 4.69) is 15.2 Å². The summed E-state index contributed by atoms with van der Waals surface area (Å²) in [5.74, 6) is -2.50. The van der Waals surface area contributed by atoms with Crippen LogP contribution in [0.2, 0.25) is 0 Å². The largest absolute Gasteiger partial charge is 0.524 e. The van der Waals surface area contributed by atoms with Crippen molar-refractivity contribution in [2.24, 2.45) is 0 Å². The lowest BCUT2D eigenvalue weighted by molar-refractivity contribution is -0.147. The molecule has 0 fully saturated rings. The Morgan fingerprint density at radius 2 is 1.71 bits per heavy atom. The van der Waals surface area contributed by atoms with Crippen LogP contribution in [0.5, 0.6) is 11.5 Å². The van der Waals surface area contributed by atoms with Gasteiger partial charge in [-0.1, -0.05) is 36.4 Å². The molecule has 0 saturated carbocycles. The highest BCUT2D eigenvalue weighted by Gasteiger charge is 2.24. The Morgan fingerprint density at radius 3 is 2.34 bits per heavy atom. The topological polar surface area (TPSA) is 216 Å². The minimum absolute atomic E-state index is 0. The van der Waals surface area contributed by atoms with Crippen LogP contribution in [0.1, 0.15) is 18.1 Å². The number of nitrogens with one attached hydrogen (secondary N) is 2. The van der Waals surface area contributed by atoms with Crippen molar-refractivity contribution < 1.29 is 47.8 Å². The molecule has 2 rings (SSSR count). The number of ether oxygens (including phenoxy) is 2. The van der Waals surface area contributed by atoms with E-state index < -0.39 is 49.9 Å². The van der Waals surface area contributed by atoms with Gasteiger partial charge in [0.25, 0.3) is 0 Å². The van der Waals surface area contributed by atoms with Crippen LogP contribution < -0.4 is 21.3 Å². The monoisotopic (exact) mass is 513 g/mol. The summed E-state index contributed by atoms with van der Waals surface area (Å²) in [6.07, 6.45) is -0.981. The number of amides is 2. The third-order valence-electron chi connectivity index (χ3n) is 4.19. The first-order valence-electron chi connectivity index (χ1n) is 10.0. The first-order chi connectivity index (χ1) is 16.1. The number of hydrogen-bond acceptors (Lipinski definition) is 9. The van der Waals surface area contributed by atoms with Crippen LogP contribution in [0.3, 0.4) is 0 Å². The minimum atomic E-state index is -4.94. The molecule has 2 aromatic rings. The number of esters is 1. The van der Waals surface area contributed by atoms with Gasteiger partial charge in [0, 0.05) is 6.42 Å². The molecule has 0 spiro atoms. The Morgan fingerprint density at radius 1 is 1.03 bits per heavy atom. The Kier molecular flexibility index (Phi) is 11.7. The molecular formula is C21H28N3O10P. The fourth-order valence-electron chi connectivity index (χ4n) is 2.73. The first-order valence-corrected chi connectivity index (χ1v) is 11.6. The maximum Gasteiger partial charge on any atom is 0.524 e. The van der Waals surface area contributed by atoms with Crippen molar-refractivity contribution in [3.8, 4) is 11.5 Å². The summed E-state index contributed by atoms with van der Waals surface area (Å²) < 4.78 is 25.4. The van der Waals surface area contributed by atoms with Crippen molar-refractivity contribution in [2.75, 3.05) is 13.2 Å². The summed E-state index contributed by atoms with van der Waals surface area (Å²) in [5.41, 5.74) is 1.07. The average Bonchev–Trinajstić information content (AvgIpc) is 2.78. The van der Waals surface area contributed by atoms with Gasteiger partial charge in [0.2, 0.25) is 5.91 Å². The Hall–Kier alpha value is -3.64. The second-order valence-electron chi connectivity index (χ2n) is 6.88. The predicted octanol–water partition coefficient (Wildman–Crippen LogP) is 1.54. The lowest BCUT2D eigenvalue weighted by atomic mass is 10.1. The highest BCUT2D eigenvalue weighted by Crippen LogP contribution is 2.41. The van der Waals surface area contributed by atoms with Crippen molar-refractivity contribution in [3.05, 3.63) is 59.7 Å². The van der Waals surface area contributed by atoms with Gasteiger partial charge < -0.3 is 35.9 Å². The second-order valence-corrected chi connectivity index (χ2v) is 8.04. The molecule has 0 unspecified atom stereocenters. The molecule has 0 aliphatic rings. The Labute approximate surface area is 201 Å². The number of hydrogen-bond donors (Lipinski definition) is 6. The van der Waals surface area contributed by atoms with Gasteiger partial charge in [-0.15, -0.1) is 0 Å². The molecule has 13 nitrogen and oxygen atoms in total. The highest BCUT2D eigenvalue weighted by molar-refractivity contribution is 7.46. The van der Waals surface area contributed by atoms with Crippen molar-refractivity contribution in [2.45, 2.75) is 26.0 Å². The molecule has 0 aliphatic carbocycles. The molecule has 0 radical (unpaired) electrons. The SMILES string of the molecule is CCOC(=O)[C@H](Cc1ccc(O)c(OP(=O)(O)O)c1)NC(=O)CNC(=O)OCc1ccccc1.N. The van der Waals surface area contributed by atoms with E-state index in [9.17, 15) is 24.1 Å². The van der Waals surface area contributed by atoms with Gasteiger partial charge >= 0.3 is 19.9 Å². The fraction of sp³-hybridized carbons (Fsp3) is 0.286. The van der Waals surface area contributed by atoms with Crippen LogP contribution in [-0.2, 0) is 36.7 Å². The molecular weight excluding hydrogens is 485 g/mol. The Bertz CT molecular complexity index is 1040. The zero-order valence-electron chi connectivity index (χ0n) is 18.9. The van der Waals surface area contributed by atoms with E-state index in [1.165, 1.54) is 6.07 Å². The summed E-state index contributed by atoms with van der Waals surface area (Å²) >= 11 is 0. The number of carbonyl (C=O) groups is 3. The van der Waals surface area contributed by atoms with Gasteiger partial charge in [-0.25, -0.2) is 14.2 Å². The van der Waals surface area contributed by atoms with Gasteiger partial charge in [0.1, 0.15) is 19.2 Å². The van der Waals surface area contributed by atoms with Gasteiger partial charge in [-0.2, -0.15) is 0 Å². The highest BCUT2D eigenvalue weighted by atomic mass is 31.2. The van der Waals surface area contributed by atoms with E-state index in [0.29, 0.717) is 5.56 Å². The lowest BCUT2D eigenvalue weighted by Crippen LogP contribution is -2.47. The summed E-state index contributed by atoms with van der Waals surface area (Å²) in [6.45, 7) is 1.15. The zero-order valence-corrected chi connectivity index (χ0v) is 19.8.